The van der Waals surface area contributed by atoms with E-state index < -0.39 is 20.7 Å². The van der Waals surface area contributed by atoms with Crippen molar-refractivity contribution in [3.8, 4) is 11.5 Å². The van der Waals surface area contributed by atoms with Crippen molar-refractivity contribution in [2.45, 2.75) is 48.0 Å². The number of anilines is 1. The molecule has 8 rings (SSSR count). The summed E-state index contributed by atoms with van der Waals surface area (Å²) in [5.74, 6) is 0.0529. The van der Waals surface area contributed by atoms with Crippen LogP contribution in [0.15, 0.2) is 70.7 Å². The van der Waals surface area contributed by atoms with E-state index in [4.69, 9.17) is 10.5 Å². The van der Waals surface area contributed by atoms with Crippen LogP contribution in [0.25, 0.3) is 11.0 Å². The van der Waals surface area contributed by atoms with Crippen molar-refractivity contribution in [2.75, 3.05) is 11.9 Å². The number of benzene rings is 2. The van der Waals surface area contributed by atoms with E-state index in [0.29, 0.717) is 23.5 Å². The number of amides is 1. The average Bonchev–Trinajstić information content (AvgIpc) is 3.46. The number of carbonyl (C=O) groups excluding carboxylic acids is 1. The second kappa shape index (κ2) is 10.3. The van der Waals surface area contributed by atoms with Gasteiger partial charge in [0.2, 0.25) is 9.84 Å². The van der Waals surface area contributed by atoms with Gasteiger partial charge >= 0.3 is 0 Å². The standard InChI is InChI=1S/C31H31N5O7S/c32-29(38)23-2-1-3-26(28(23)43-21-10-18-6-7-33-30(18)34-15-21)44(41,42)22-4-5-24(25(11-22)36(39)40)35-16-31-12-17-8-19(13-31)27(37)20(9-17)14-31/h1-7,10-11,15,17,19-20,27,35,37H,8-9,12-14,16H2,(H2,32,38)(H,33,34). The van der Waals surface area contributed by atoms with Crippen LogP contribution in [0.1, 0.15) is 42.5 Å². The number of fused-ring (bicyclic) bond motifs is 1. The van der Waals surface area contributed by atoms with Gasteiger partial charge in [-0.3, -0.25) is 14.9 Å². The van der Waals surface area contributed by atoms with Crippen LogP contribution in [0.3, 0.4) is 0 Å². The van der Waals surface area contributed by atoms with Gasteiger partial charge in [0.1, 0.15) is 22.0 Å². The number of pyridine rings is 1. The van der Waals surface area contributed by atoms with Crippen molar-refractivity contribution in [3.63, 3.8) is 0 Å². The zero-order valence-corrected chi connectivity index (χ0v) is 24.4. The highest BCUT2D eigenvalue weighted by atomic mass is 32.2. The van der Waals surface area contributed by atoms with Crippen molar-refractivity contribution in [3.05, 3.63) is 76.6 Å². The molecule has 4 aromatic rings. The molecule has 2 aromatic heterocycles. The molecule has 0 spiro atoms. The number of sulfone groups is 1. The van der Waals surface area contributed by atoms with Crippen molar-refractivity contribution in [1.29, 1.82) is 0 Å². The fraction of sp³-hybridized carbons (Fsp3) is 0.355. The van der Waals surface area contributed by atoms with Crippen LogP contribution in [0.5, 0.6) is 11.5 Å². The second-order valence-electron chi connectivity index (χ2n) is 12.4. The third kappa shape index (κ3) is 4.76. The first-order chi connectivity index (χ1) is 21.0. The number of carbonyl (C=O) groups is 1. The van der Waals surface area contributed by atoms with Crippen molar-refractivity contribution in [1.82, 2.24) is 9.97 Å². The molecule has 4 aliphatic rings. The van der Waals surface area contributed by atoms with Gasteiger partial charge in [0.05, 0.1) is 27.7 Å². The van der Waals surface area contributed by atoms with Crippen LogP contribution in [-0.4, -0.2) is 47.0 Å². The molecule has 2 aromatic carbocycles. The summed E-state index contributed by atoms with van der Waals surface area (Å²) in [6, 6.07) is 11.1. The van der Waals surface area contributed by atoms with Crippen LogP contribution >= 0.6 is 0 Å². The number of aliphatic hydroxyl groups is 1. The summed E-state index contributed by atoms with van der Waals surface area (Å²) in [5.41, 5.74) is 5.79. The van der Waals surface area contributed by atoms with E-state index in [1.807, 2.05) is 0 Å². The lowest BCUT2D eigenvalue weighted by Gasteiger charge is -2.59. The minimum atomic E-state index is -4.43. The Bertz CT molecular complexity index is 1910. The Labute approximate surface area is 252 Å². The number of aromatic nitrogens is 2. The van der Waals surface area contributed by atoms with Crippen LogP contribution in [0, 0.1) is 33.3 Å². The van der Waals surface area contributed by atoms with E-state index in [9.17, 15) is 28.4 Å². The minimum absolute atomic E-state index is 0.0476. The van der Waals surface area contributed by atoms with Crippen molar-refractivity contribution < 1.29 is 28.0 Å². The molecular weight excluding hydrogens is 586 g/mol. The number of ether oxygens (including phenoxy) is 1. The number of nitrogens with one attached hydrogen (secondary N) is 2. The zero-order chi connectivity index (χ0) is 30.8. The maximum atomic E-state index is 14.0. The molecule has 2 heterocycles. The number of para-hydroxylation sites is 1. The highest BCUT2D eigenvalue weighted by Gasteiger charge is 2.54. The number of nitrogens with zero attached hydrogens (tertiary/aromatic N) is 2. The highest BCUT2D eigenvalue weighted by Crippen LogP contribution is 2.60. The molecule has 4 aliphatic carbocycles. The summed E-state index contributed by atoms with van der Waals surface area (Å²) in [6.07, 6.45) is 7.63. The number of nitrogens with two attached hydrogens (primary N) is 1. The molecule has 228 valence electrons. The monoisotopic (exact) mass is 617 g/mol. The SMILES string of the molecule is NC(=O)c1cccc(S(=O)(=O)c2ccc(NCC34CC5CC(C3)C(O)C(C5)C4)c([N+](=O)[O-])c2)c1Oc1cnc2[nH]ccc2c1. The molecular formula is C31H31N5O7S. The maximum absolute atomic E-state index is 14.0. The Balaban J connectivity index is 1.21. The van der Waals surface area contributed by atoms with Gasteiger partial charge in [0.15, 0.2) is 5.75 Å². The average molecular weight is 618 g/mol. The summed E-state index contributed by atoms with van der Waals surface area (Å²) in [7, 11) is -4.43. The van der Waals surface area contributed by atoms with E-state index >= 15 is 0 Å². The third-order valence-electron chi connectivity index (χ3n) is 9.61. The number of nitro benzene ring substituents is 1. The van der Waals surface area contributed by atoms with Crippen molar-refractivity contribution in [2.24, 2.45) is 28.9 Å². The molecule has 5 N–H and O–H groups in total. The normalized spacial score (nSPS) is 25.7. The van der Waals surface area contributed by atoms with E-state index in [-0.39, 0.29) is 61.6 Å². The number of hydrogen-bond acceptors (Lipinski definition) is 9. The molecule has 1 amide bonds. The van der Waals surface area contributed by atoms with E-state index in [1.165, 1.54) is 36.5 Å². The van der Waals surface area contributed by atoms with E-state index in [0.717, 1.165) is 38.2 Å². The van der Waals surface area contributed by atoms with Gasteiger partial charge in [-0.2, -0.15) is 0 Å². The second-order valence-corrected chi connectivity index (χ2v) is 14.4. The van der Waals surface area contributed by atoms with Crippen LogP contribution < -0.4 is 15.8 Å². The van der Waals surface area contributed by atoms with Gasteiger partial charge in [-0.1, -0.05) is 6.07 Å². The predicted octanol–water partition coefficient (Wildman–Crippen LogP) is 4.79. The van der Waals surface area contributed by atoms with Gasteiger partial charge in [-0.15, -0.1) is 0 Å². The van der Waals surface area contributed by atoms with Crippen LogP contribution in [0.4, 0.5) is 11.4 Å². The molecule has 0 radical (unpaired) electrons. The Morgan fingerprint density at radius 3 is 2.66 bits per heavy atom. The molecule has 13 heteroatoms. The smallest absolute Gasteiger partial charge is 0.293 e. The largest absolute Gasteiger partial charge is 0.453 e. The molecule has 0 saturated heterocycles. The first-order valence-corrected chi connectivity index (χ1v) is 16.0. The van der Waals surface area contributed by atoms with Crippen LogP contribution in [0.2, 0.25) is 0 Å². The third-order valence-corrected chi connectivity index (χ3v) is 11.4. The first kappa shape index (κ1) is 28.3. The number of H-pyrrole nitrogens is 1. The number of aliphatic hydroxyl groups excluding tert-OH is 1. The molecule has 12 nitrogen and oxygen atoms in total. The molecule has 4 saturated carbocycles. The number of nitro groups is 1. The maximum Gasteiger partial charge on any atom is 0.293 e. The molecule has 0 aliphatic heterocycles. The fourth-order valence-corrected chi connectivity index (χ4v) is 9.31. The van der Waals surface area contributed by atoms with E-state index in [1.54, 1.807) is 18.3 Å². The topological polar surface area (TPSA) is 191 Å². The predicted molar refractivity (Wildman–Crippen MR) is 160 cm³/mol. The van der Waals surface area contributed by atoms with Gasteiger partial charge in [-0.05, 0) is 91.7 Å². The number of rotatable bonds is 9. The zero-order valence-electron chi connectivity index (χ0n) is 23.6. The summed E-state index contributed by atoms with van der Waals surface area (Å²) in [6.45, 7) is 0.508. The lowest BCUT2D eigenvalue weighted by molar-refractivity contribution is -0.384. The highest BCUT2D eigenvalue weighted by molar-refractivity contribution is 7.91. The van der Waals surface area contributed by atoms with Gasteiger partial charge in [0.25, 0.3) is 11.6 Å². The quantitative estimate of drug-likeness (QED) is 0.151. The molecule has 2 unspecified atom stereocenters. The lowest BCUT2D eigenvalue weighted by Crippen LogP contribution is -2.55. The van der Waals surface area contributed by atoms with Gasteiger partial charge < -0.3 is 25.9 Å². The Morgan fingerprint density at radius 2 is 1.93 bits per heavy atom. The van der Waals surface area contributed by atoms with Gasteiger partial charge in [-0.25, -0.2) is 13.4 Å². The van der Waals surface area contributed by atoms with E-state index in [2.05, 4.69) is 15.3 Å². The Morgan fingerprint density at radius 1 is 1.16 bits per heavy atom. The minimum Gasteiger partial charge on any atom is -0.453 e. The Kier molecular flexibility index (Phi) is 6.63. The van der Waals surface area contributed by atoms with Crippen molar-refractivity contribution >= 4 is 38.2 Å². The van der Waals surface area contributed by atoms with Crippen LogP contribution in [-0.2, 0) is 9.84 Å². The molecule has 2 atom stereocenters. The number of aromatic amines is 1. The summed E-state index contributed by atoms with van der Waals surface area (Å²) in [4.78, 5) is 30.4. The first-order valence-electron chi connectivity index (χ1n) is 14.5. The fourth-order valence-electron chi connectivity index (χ4n) is 7.89. The number of hydrogen-bond donors (Lipinski definition) is 4. The summed E-state index contributed by atoms with van der Waals surface area (Å²) in [5, 5.41) is 26.8. The number of primary amides is 1. The molecule has 4 bridgehead atoms. The Hall–Kier alpha value is -4.49. The lowest BCUT2D eigenvalue weighted by atomic mass is 9.48. The molecule has 44 heavy (non-hydrogen) atoms. The summed E-state index contributed by atoms with van der Waals surface area (Å²) < 4.78 is 33.9. The summed E-state index contributed by atoms with van der Waals surface area (Å²) >= 11 is 0. The van der Waals surface area contributed by atoms with Gasteiger partial charge in [0, 0.05) is 24.2 Å². The molecule has 4 fully saturated rings.